The number of aliphatic imine (C=N–C) groups is 1. The Hall–Kier alpha value is -0.370. The molecule has 0 spiro atoms. The molecular weight excluding hydrogens is 395 g/mol. The summed E-state index contributed by atoms with van der Waals surface area (Å²) in [5.41, 5.74) is 1.18. The van der Waals surface area contributed by atoms with E-state index in [1.807, 2.05) is 7.05 Å². The third-order valence-corrected chi connectivity index (χ3v) is 4.44. The molecule has 0 saturated heterocycles. The molecule has 4 nitrogen and oxygen atoms in total. The van der Waals surface area contributed by atoms with Crippen LogP contribution in [0.3, 0.4) is 0 Å². The number of nitrogens with zero attached hydrogens (tertiary/aromatic N) is 2. The summed E-state index contributed by atoms with van der Waals surface area (Å²) in [6, 6.07) is 0. The van der Waals surface area contributed by atoms with Crippen molar-refractivity contribution < 1.29 is 0 Å². The molecule has 2 rings (SSSR count). The Balaban J connectivity index is 0.00000220. The molecular formula is C15H27IN4S. The molecule has 1 heterocycles. The predicted octanol–water partition coefficient (Wildman–Crippen LogP) is 3.74. The third-order valence-electron chi connectivity index (χ3n) is 3.57. The average molecular weight is 422 g/mol. The van der Waals surface area contributed by atoms with Crippen molar-refractivity contribution in [3.63, 3.8) is 0 Å². The monoisotopic (exact) mass is 422 g/mol. The van der Waals surface area contributed by atoms with E-state index < -0.39 is 0 Å². The number of aromatic nitrogens is 1. The van der Waals surface area contributed by atoms with Crippen LogP contribution in [0.2, 0.25) is 0 Å². The van der Waals surface area contributed by atoms with Crippen LogP contribution in [0.5, 0.6) is 0 Å². The van der Waals surface area contributed by atoms with E-state index in [-0.39, 0.29) is 24.0 Å². The Bertz CT molecular complexity index is 441. The molecule has 1 aromatic heterocycles. The lowest BCUT2D eigenvalue weighted by Gasteiger charge is -2.10. The van der Waals surface area contributed by atoms with Crippen LogP contribution in [0.15, 0.2) is 10.4 Å². The van der Waals surface area contributed by atoms with Crippen molar-refractivity contribution in [2.24, 2.45) is 10.9 Å². The van der Waals surface area contributed by atoms with E-state index in [0.717, 1.165) is 30.0 Å². The third kappa shape index (κ3) is 6.95. The smallest absolute Gasteiger partial charge is 0.191 e. The molecule has 0 radical (unpaired) electrons. The van der Waals surface area contributed by atoms with Gasteiger partial charge < -0.3 is 10.6 Å². The summed E-state index contributed by atoms with van der Waals surface area (Å²) in [4.78, 5) is 8.87. The van der Waals surface area contributed by atoms with Gasteiger partial charge in [0, 0.05) is 19.0 Å². The van der Waals surface area contributed by atoms with Crippen LogP contribution in [0.4, 0.5) is 0 Å². The van der Waals surface area contributed by atoms with Gasteiger partial charge in [-0.2, -0.15) is 0 Å². The Kier molecular flexibility index (Phi) is 8.55. The number of thiazole rings is 1. The minimum atomic E-state index is 0. The van der Waals surface area contributed by atoms with Crippen LogP contribution in [0, 0.1) is 5.92 Å². The summed E-state index contributed by atoms with van der Waals surface area (Å²) in [5, 5.41) is 9.96. The molecule has 1 aliphatic carbocycles. The molecule has 0 atom stereocenters. The maximum Gasteiger partial charge on any atom is 0.191 e. The highest BCUT2D eigenvalue weighted by molar-refractivity contribution is 14.0. The normalized spacial score (nSPS) is 15.0. The fraction of sp³-hybridized carbons (Fsp3) is 0.733. The highest BCUT2D eigenvalue weighted by Crippen LogP contribution is 2.33. The van der Waals surface area contributed by atoms with Crippen molar-refractivity contribution in [1.82, 2.24) is 15.6 Å². The minimum absolute atomic E-state index is 0. The molecule has 0 unspecified atom stereocenters. The Morgan fingerprint density at radius 1 is 1.43 bits per heavy atom. The van der Waals surface area contributed by atoms with Crippen molar-refractivity contribution >= 4 is 41.3 Å². The van der Waals surface area contributed by atoms with E-state index in [2.05, 4.69) is 39.8 Å². The van der Waals surface area contributed by atoms with Gasteiger partial charge in [0.25, 0.3) is 0 Å². The van der Waals surface area contributed by atoms with Gasteiger partial charge in [0.2, 0.25) is 0 Å². The Morgan fingerprint density at radius 2 is 2.19 bits per heavy atom. The van der Waals surface area contributed by atoms with Crippen LogP contribution < -0.4 is 10.6 Å². The lowest BCUT2D eigenvalue weighted by Crippen LogP contribution is -2.37. The Morgan fingerprint density at radius 3 is 2.76 bits per heavy atom. The second-order valence-electron chi connectivity index (χ2n) is 5.76. The van der Waals surface area contributed by atoms with Gasteiger partial charge in [-0.15, -0.1) is 35.3 Å². The number of rotatable bonds is 7. The van der Waals surface area contributed by atoms with Gasteiger partial charge in [-0.25, -0.2) is 4.98 Å². The van der Waals surface area contributed by atoms with E-state index in [1.54, 1.807) is 11.3 Å². The standard InChI is InChI=1S/C15H26N4S.HI/c1-11(2)13-10-20-14(19-13)9-18-15(16-3)17-8-4-5-12-6-7-12;/h10-12H,4-9H2,1-3H3,(H2,16,17,18);1H. The molecule has 1 aliphatic rings. The second-order valence-corrected chi connectivity index (χ2v) is 6.70. The van der Waals surface area contributed by atoms with Gasteiger partial charge in [-0.05, 0) is 24.7 Å². The zero-order valence-corrected chi connectivity index (χ0v) is 16.3. The van der Waals surface area contributed by atoms with E-state index in [4.69, 9.17) is 0 Å². The summed E-state index contributed by atoms with van der Waals surface area (Å²) < 4.78 is 0. The molecule has 1 aromatic rings. The summed E-state index contributed by atoms with van der Waals surface area (Å²) >= 11 is 1.71. The average Bonchev–Trinajstić information content (AvgIpc) is 3.13. The highest BCUT2D eigenvalue weighted by atomic mass is 127. The largest absolute Gasteiger partial charge is 0.356 e. The molecule has 0 aliphatic heterocycles. The van der Waals surface area contributed by atoms with Crippen molar-refractivity contribution in [3.05, 3.63) is 16.1 Å². The van der Waals surface area contributed by atoms with E-state index in [1.165, 1.54) is 31.4 Å². The topological polar surface area (TPSA) is 49.3 Å². The number of hydrogen-bond donors (Lipinski definition) is 2. The summed E-state index contributed by atoms with van der Waals surface area (Å²) in [5.74, 6) is 2.39. The van der Waals surface area contributed by atoms with E-state index >= 15 is 0 Å². The maximum atomic E-state index is 4.62. The first-order chi connectivity index (χ1) is 9.69. The first-order valence-corrected chi connectivity index (χ1v) is 8.45. The van der Waals surface area contributed by atoms with Crippen molar-refractivity contribution in [2.75, 3.05) is 13.6 Å². The quantitative estimate of drug-likeness (QED) is 0.305. The van der Waals surface area contributed by atoms with Crippen molar-refractivity contribution in [1.29, 1.82) is 0 Å². The van der Waals surface area contributed by atoms with E-state index in [0.29, 0.717) is 5.92 Å². The first kappa shape index (κ1) is 18.7. The molecule has 21 heavy (non-hydrogen) atoms. The van der Waals surface area contributed by atoms with Gasteiger partial charge in [0.05, 0.1) is 12.2 Å². The van der Waals surface area contributed by atoms with Crippen LogP contribution in [-0.4, -0.2) is 24.5 Å². The first-order valence-electron chi connectivity index (χ1n) is 7.58. The van der Waals surface area contributed by atoms with Gasteiger partial charge in [0.15, 0.2) is 5.96 Å². The lowest BCUT2D eigenvalue weighted by atomic mass is 10.2. The molecule has 1 fully saturated rings. The maximum absolute atomic E-state index is 4.62. The predicted molar refractivity (Wildman–Crippen MR) is 102 cm³/mol. The SMILES string of the molecule is CN=C(NCCCC1CC1)NCc1nc(C(C)C)cs1.I. The van der Waals surface area contributed by atoms with E-state index in [9.17, 15) is 0 Å². The number of hydrogen-bond acceptors (Lipinski definition) is 3. The molecule has 2 N–H and O–H groups in total. The zero-order valence-electron chi connectivity index (χ0n) is 13.2. The molecule has 120 valence electrons. The van der Waals surface area contributed by atoms with Gasteiger partial charge in [0.1, 0.15) is 5.01 Å². The number of nitrogens with one attached hydrogen (secondary N) is 2. The van der Waals surface area contributed by atoms with Crippen LogP contribution in [0.25, 0.3) is 0 Å². The lowest BCUT2D eigenvalue weighted by molar-refractivity contribution is 0.644. The van der Waals surface area contributed by atoms with Gasteiger partial charge in [-0.1, -0.05) is 26.7 Å². The highest BCUT2D eigenvalue weighted by Gasteiger charge is 2.19. The summed E-state index contributed by atoms with van der Waals surface area (Å²) in [6.45, 7) is 6.10. The van der Waals surface area contributed by atoms with Crippen molar-refractivity contribution in [2.45, 2.75) is 52.0 Å². The fourth-order valence-electron chi connectivity index (χ4n) is 2.06. The molecule has 0 bridgehead atoms. The zero-order chi connectivity index (χ0) is 14.4. The van der Waals surface area contributed by atoms with Gasteiger partial charge >= 0.3 is 0 Å². The summed E-state index contributed by atoms with van der Waals surface area (Å²) in [7, 11) is 1.82. The minimum Gasteiger partial charge on any atom is -0.356 e. The summed E-state index contributed by atoms with van der Waals surface area (Å²) in [6.07, 6.45) is 5.47. The van der Waals surface area contributed by atoms with Crippen LogP contribution in [0.1, 0.15) is 56.2 Å². The van der Waals surface area contributed by atoms with Crippen LogP contribution >= 0.6 is 35.3 Å². The van der Waals surface area contributed by atoms with Crippen molar-refractivity contribution in [3.8, 4) is 0 Å². The van der Waals surface area contributed by atoms with Crippen LogP contribution in [-0.2, 0) is 6.54 Å². The van der Waals surface area contributed by atoms with Gasteiger partial charge in [-0.3, -0.25) is 4.99 Å². The molecule has 0 aromatic carbocycles. The number of halogens is 1. The Labute approximate surface area is 149 Å². The molecule has 1 saturated carbocycles. The fourth-order valence-corrected chi connectivity index (χ4v) is 2.95. The molecule has 6 heteroatoms. The second kappa shape index (κ2) is 9.61. The molecule has 0 amide bonds. The number of guanidine groups is 1.